The van der Waals surface area contributed by atoms with Crippen LogP contribution in [0.2, 0.25) is 0 Å². The van der Waals surface area contributed by atoms with Crippen LogP contribution in [0.25, 0.3) is 0 Å². The zero-order valence-electron chi connectivity index (χ0n) is 11.5. The summed E-state index contributed by atoms with van der Waals surface area (Å²) in [5.74, 6) is 0. The Labute approximate surface area is 111 Å². The number of nitrogens with one attached hydrogen (secondary N) is 1. The summed E-state index contributed by atoms with van der Waals surface area (Å²) in [5, 5.41) is 13.2. The Balaban J connectivity index is 2.67. The van der Waals surface area contributed by atoms with Crippen LogP contribution in [0.4, 0.5) is 16.2 Å². The molecule has 0 saturated heterocycles. The van der Waals surface area contributed by atoms with Gasteiger partial charge in [-0.05, 0) is 24.0 Å². The van der Waals surface area contributed by atoms with Crippen molar-refractivity contribution >= 4 is 17.5 Å². The quantitative estimate of drug-likeness (QED) is 0.670. The van der Waals surface area contributed by atoms with Gasteiger partial charge in [0.15, 0.2) is 0 Å². The van der Waals surface area contributed by atoms with Crippen molar-refractivity contribution in [2.24, 2.45) is 5.41 Å². The van der Waals surface area contributed by atoms with E-state index >= 15 is 0 Å². The van der Waals surface area contributed by atoms with Crippen LogP contribution in [0.3, 0.4) is 0 Å². The van der Waals surface area contributed by atoms with Gasteiger partial charge in [-0.25, -0.2) is 4.79 Å². The van der Waals surface area contributed by atoms with Gasteiger partial charge in [-0.3, -0.25) is 15.4 Å². The summed E-state index contributed by atoms with van der Waals surface area (Å²) in [4.78, 5) is 21.7. The van der Waals surface area contributed by atoms with Crippen molar-refractivity contribution in [3.63, 3.8) is 0 Å². The maximum absolute atomic E-state index is 11.6. The summed E-state index contributed by atoms with van der Waals surface area (Å²) >= 11 is 0. The van der Waals surface area contributed by atoms with Gasteiger partial charge in [0.05, 0.1) is 11.5 Å². The number of nitro groups is 1. The van der Waals surface area contributed by atoms with E-state index in [0.29, 0.717) is 17.9 Å². The van der Waals surface area contributed by atoms with Crippen LogP contribution in [-0.2, 0) is 4.74 Å². The minimum absolute atomic E-state index is 0.00823. The number of carbonyl (C=O) groups excluding carboxylic acids is 1. The zero-order valence-corrected chi connectivity index (χ0v) is 11.5. The number of aryl methyl sites for hydroxylation is 1. The monoisotopic (exact) mass is 266 g/mol. The third kappa shape index (κ3) is 4.95. The molecule has 1 N–H and O–H groups in total. The Morgan fingerprint density at radius 1 is 1.42 bits per heavy atom. The molecular formula is C13H18N2O4. The van der Waals surface area contributed by atoms with Crippen molar-refractivity contribution < 1.29 is 14.5 Å². The lowest BCUT2D eigenvalue weighted by atomic mass is 9.99. The molecule has 0 heterocycles. The average Bonchev–Trinajstić information content (AvgIpc) is 2.28. The largest absolute Gasteiger partial charge is 0.449 e. The van der Waals surface area contributed by atoms with Crippen molar-refractivity contribution in [1.82, 2.24) is 0 Å². The van der Waals surface area contributed by atoms with Crippen LogP contribution in [0, 0.1) is 22.5 Å². The molecule has 0 bridgehead atoms. The Morgan fingerprint density at radius 3 is 2.53 bits per heavy atom. The molecule has 6 heteroatoms. The number of non-ortho nitro benzene ring substituents is 1. The molecule has 0 atom stereocenters. The van der Waals surface area contributed by atoms with E-state index in [4.69, 9.17) is 4.74 Å². The van der Waals surface area contributed by atoms with E-state index in [0.717, 1.165) is 0 Å². The second-order valence-electron chi connectivity index (χ2n) is 5.52. The number of amides is 1. The second kappa shape index (κ2) is 5.69. The predicted octanol–water partition coefficient (Wildman–Crippen LogP) is 3.50. The number of ether oxygens (including phenoxy) is 1. The lowest BCUT2D eigenvalue weighted by Gasteiger charge is -2.18. The van der Waals surface area contributed by atoms with Crippen molar-refractivity contribution in [1.29, 1.82) is 0 Å². The molecule has 104 valence electrons. The standard InChI is InChI=1S/C13H18N2O4/c1-9-7-10(15(17)18)5-6-11(9)14-12(16)19-8-13(2,3)4/h5-7H,8H2,1-4H3,(H,14,16). The summed E-state index contributed by atoms with van der Waals surface area (Å²) in [6.07, 6.45) is -0.563. The van der Waals surface area contributed by atoms with E-state index in [-0.39, 0.29) is 11.1 Å². The highest BCUT2D eigenvalue weighted by Gasteiger charge is 2.15. The second-order valence-corrected chi connectivity index (χ2v) is 5.52. The summed E-state index contributed by atoms with van der Waals surface area (Å²) in [6.45, 7) is 7.85. The van der Waals surface area contributed by atoms with Gasteiger partial charge in [0.1, 0.15) is 0 Å². The average molecular weight is 266 g/mol. The number of rotatable bonds is 3. The molecule has 1 rings (SSSR count). The van der Waals surface area contributed by atoms with E-state index in [9.17, 15) is 14.9 Å². The van der Waals surface area contributed by atoms with Gasteiger partial charge < -0.3 is 4.74 Å². The van der Waals surface area contributed by atoms with Crippen LogP contribution in [0.15, 0.2) is 18.2 Å². The van der Waals surface area contributed by atoms with Crippen molar-refractivity contribution in [3.8, 4) is 0 Å². The van der Waals surface area contributed by atoms with Crippen LogP contribution < -0.4 is 5.32 Å². The van der Waals surface area contributed by atoms with Crippen LogP contribution in [0.5, 0.6) is 0 Å². The minimum Gasteiger partial charge on any atom is -0.449 e. The van der Waals surface area contributed by atoms with Crippen LogP contribution >= 0.6 is 0 Å². The first-order valence-electron chi connectivity index (χ1n) is 5.88. The highest BCUT2D eigenvalue weighted by Crippen LogP contribution is 2.21. The molecule has 0 aliphatic rings. The van der Waals surface area contributed by atoms with E-state index < -0.39 is 11.0 Å². The van der Waals surface area contributed by atoms with Gasteiger partial charge in [-0.15, -0.1) is 0 Å². The molecule has 1 amide bonds. The molecule has 0 radical (unpaired) electrons. The molecule has 0 saturated carbocycles. The minimum atomic E-state index is -0.563. The third-order valence-corrected chi connectivity index (χ3v) is 2.29. The molecule has 0 aliphatic carbocycles. The number of anilines is 1. The Hall–Kier alpha value is -2.11. The molecular weight excluding hydrogens is 248 g/mol. The Morgan fingerprint density at radius 2 is 2.05 bits per heavy atom. The van der Waals surface area contributed by atoms with Gasteiger partial charge in [-0.2, -0.15) is 0 Å². The topological polar surface area (TPSA) is 81.5 Å². The lowest BCUT2D eigenvalue weighted by Crippen LogP contribution is -2.22. The summed E-state index contributed by atoms with van der Waals surface area (Å²) in [6, 6.07) is 4.23. The Bertz CT molecular complexity index is 492. The van der Waals surface area contributed by atoms with E-state index in [2.05, 4.69) is 5.32 Å². The smallest absolute Gasteiger partial charge is 0.411 e. The number of hydrogen-bond acceptors (Lipinski definition) is 4. The lowest BCUT2D eigenvalue weighted by molar-refractivity contribution is -0.384. The highest BCUT2D eigenvalue weighted by atomic mass is 16.6. The molecule has 6 nitrogen and oxygen atoms in total. The fourth-order valence-corrected chi connectivity index (χ4v) is 1.33. The summed E-state index contributed by atoms with van der Waals surface area (Å²) in [7, 11) is 0. The fraction of sp³-hybridized carbons (Fsp3) is 0.462. The number of benzene rings is 1. The van der Waals surface area contributed by atoms with Gasteiger partial charge >= 0.3 is 6.09 Å². The van der Waals surface area contributed by atoms with Crippen molar-refractivity contribution in [3.05, 3.63) is 33.9 Å². The maximum atomic E-state index is 11.6. The van der Waals surface area contributed by atoms with E-state index in [1.165, 1.54) is 18.2 Å². The molecule has 1 aromatic carbocycles. The molecule has 19 heavy (non-hydrogen) atoms. The first kappa shape index (κ1) is 14.9. The molecule has 0 unspecified atom stereocenters. The maximum Gasteiger partial charge on any atom is 0.411 e. The first-order chi connectivity index (χ1) is 8.69. The Kier molecular flexibility index (Phi) is 4.47. The first-order valence-corrected chi connectivity index (χ1v) is 5.88. The number of hydrogen-bond donors (Lipinski definition) is 1. The van der Waals surface area contributed by atoms with E-state index in [1.54, 1.807) is 6.92 Å². The molecule has 0 spiro atoms. The summed E-state index contributed by atoms with van der Waals surface area (Å²) < 4.78 is 5.06. The van der Waals surface area contributed by atoms with Gasteiger partial charge in [0.25, 0.3) is 5.69 Å². The van der Waals surface area contributed by atoms with Crippen LogP contribution in [0.1, 0.15) is 26.3 Å². The van der Waals surface area contributed by atoms with Gasteiger partial charge in [0, 0.05) is 17.8 Å². The van der Waals surface area contributed by atoms with Crippen molar-refractivity contribution in [2.75, 3.05) is 11.9 Å². The highest BCUT2D eigenvalue weighted by molar-refractivity contribution is 5.85. The number of carbonyl (C=O) groups is 1. The molecule has 0 aromatic heterocycles. The van der Waals surface area contributed by atoms with Crippen LogP contribution in [-0.4, -0.2) is 17.6 Å². The fourth-order valence-electron chi connectivity index (χ4n) is 1.33. The number of nitro benzene ring substituents is 1. The van der Waals surface area contributed by atoms with Crippen molar-refractivity contribution in [2.45, 2.75) is 27.7 Å². The summed E-state index contributed by atoms with van der Waals surface area (Å²) in [5.41, 5.74) is 1.000. The predicted molar refractivity (Wildman–Crippen MR) is 72.3 cm³/mol. The zero-order chi connectivity index (χ0) is 14.6. The third-order valence-electron chi connectivity index (χ3n) is 2.29. The number of nitrogens with zero attached hydrogens (tertiary/aromatic N) is 1. The molecule has 0 aliphatic heterocycles. The molecule has 1 aromatic rings. The normalized spacial score (nSPS) is 10.9. The van der Waals surface area contributed by atoms with E-state index in [1.807, 2.05) is 20.8 Å². The van der Waals surface area contributed by atoms with Gasteiger partial charge in [0.2, 0.25) is 0 Å². The SMILES string of the molecule is Cc1cc([N+](=O)[O-])ccc1NC(=O)OCC(C)(C)C. The van der Waals surface area contributed by atoms with Gasteiger partial charge in [-0.1, -0.05) is 20.8 Å². The molecule has 0 fully saturated rings.